The fourth-order valence-electron chi connectivity index (χ4n) is 0.889. The van der Waals surface area contributed by atoms with Crippen molar-refractivity contribution in [1.82, 2.24) is 9.97 Å². The number of anilines is 1. The molecule has 0 aromatic carbocycles. The van der Waals surface area contributed by atoms with Crippen LogP contribution in [0.1, 0.15) is 24.3 Å². The lowest BCUT2D eigenvalue weighted by atomic mass is 10.3. The van der Waals surface area contributed by atoms with Crippen LogP contribution in [0.25, 0.3) is 0 Å². The molecule has 5 nitrogen and oxygen atoms in total. The number of nitrogens with zero attached hydrogens (tertiary/aromatic N) is 2. The number of aromatic carboxylic acids is 1. The topological polar surface area (TPSA) is 75.1 Å². The third-order valence-corrected chi connectivity index (χ3v) is 1.66. The van der Waals surface area contributed by atoms with E-state index in [-0.39, 0.29) is 5.69 Å². The summed E-state index contributed by atoms with van der Waals surface area (Å²) in [6.45, 7) is 4.66. The largest absolute Gasteiger partial charge is 0.476 e. The Labute approximate surface area is 87.9 Å². The predicted octanol–water partition coefficient (Wildman–Crippen LogP) is 1.55. The Balaban J connectivity index is 2.57. The van der Waals surface area contributed by atoms with Gasteiger partial charge in [0.2, 0.25) is 0 Å². The summed E-state index contributed by atoms with van der Waals surface area (Å²) in [5.41, 5.74) is 1.15. The van der Waals surface area contributed by atoms with Gasteiger partial charge in [0.1, 0.15) is 5.82 Å². The van der Waals surface area contributed by atoms with Crippen LogP contribution in [0.5, 0.6) is 0 Å². The zero-order valence-electron chi connectivity index (χ0n) is 8.69. The van der Waals surface area contributed by atoms with Gasteiger partial charge in [-0.25, -0.2) is 14.8 Å². The van der Waals surface area contributed by atoms with Crippen LogP contribution in [0, 0.1) is 0 Å². The van der Waals surface area contributed by atoms with Gasteiger partial charge in [0.15, 0.2) is 5.69 Å². The number of hydrogen-bond donors (Lipinski definition) is 2. The van der Waals surface area contributed by atoms with E-state index in [2.05, 4.69) is 15.3 Å². The molecule has 0 saturated carbocycles. The predicted molar refractivity (Wildman–Crippen MR) is 56.9 cm³/mol. The fraction of sp³-hybridized carbons (Fsp3) is 0.300. The van der Waals surface area contributed by atoms with Gasteiger partial charge in [-0.15, -0.1) is 0 Å². The van der Waals surface area contributed by atoms with Gasteiger partial charge in [0.25, 0.3) is 0 Å². The molecule has 1 heterocycles. The lowest BCUT2D eigenvalue weighted by Gasteiger charge is -2.01. The summed E-state index contributed by atoms with van der Waals surface area (Å²) in [6, 6.07) is 0. The normalized spacial score (nSPS) is 9.47. The molecule has 0 spiro atoms. The molecule has 0 amide bonds. The number of nitrogens with one attached hydrogen (secondary N) is 1. The van der Waals surface area contributed by atoms with Crippen LogP contribution < -0.4 is 5.32 Å². The molecular formula is C10H13N3O2. The van der Waals surface area contributed by atoms with Gasteiger partial charge in [-0.1, -0.05) is 11.6 Å². The Bertz CT molecular complexity index is 367. The van der Waals surface area contributed by atoms with Gasteiger partial charge < -0.3 is 10.4 Å². The van der Waals surface area contributed by atoms with Crippen LogP contribution in [0.15, 0.2) is 24.0 Å². The second-order valence-corrected chi connectivity index (χ2v) is 3.25. The number of carbonyl (C=O) groups is 1. The van der Waals surface area contributed by atoms with Gasteiger partial charge in [-0.05, 0) is 13.8 Å². The van der Waals surface area contributed by atoms with E-state index in [1.165, 1.54) is 18.0 Å². The average molecular weight is 207 g/mol. The SMILES string of the molecule is CC(C)=CCNc1cnc(C(=O)O)cn1. The molecule has 0 unspecified atom stereocenters. The number of carboxylic acid groups (broad SMARTS) is 1. The first-order valence-corrected chi connectivity index (χ1v) is 4.52. The summed E-state index contributed by atoms with van der Waals surface area (Å²) in [5.74, 6) is -0.504. The molecule has 0 aliphatic rings. The molecule has 0 radical (unpaired) electrons. The molecule has 0 aliphatic heterocycles. The van der Waals surface area contributed by atoms with Crippen molar-refractivity contribution in [2.75, 3.05) is 11.9 Å². The molecule has 80 valence electrons. The van der Waals surface area contributed by atoms with Gasteiger partial charge in [-0.3, -0.25) is 0 Å². The third-order valence-electron chi connectivity index (χ3n) is 1.66. The van der Waals surface area contributed by atoms with E-state index in [0.717, 1.165) is 0 Å². The third kappa shape index (κ3) is 3.76. The van der Waals surface area contributed by atoms with E-state index in [9.17, 15) is 4.79 Å². The van der Waals surface area contributed by atoms with Crippen LogP contribution in [0.2, 0.25) is 0 Å². The zero-order chi connectivity index (χ0) is 11.3. The number of rotatable bonds is 4. The lowest BCUT2D eigenvalue weighted by molar-refractivity contribution is 0.0690. The first-order chi connectivity index (χ1) is 7.09. The Morgan fingerprint density at radius 1 is 1.47 bits per heavy atom. The summed E-state index contributed by atoms with van der Waals surface area (Å²) in [5, 5.41) is 11.6. The van der Waals surface area contributed by atoms with Crippen LogP contribution >= 0.6 is 0 Å². The highest BCUT2D eigenvalue weighted by atomic mass is 16.4. The monoisotopic (exact) mass is 207 g/mol. The second kappa shape index (κ2) is 5.09. The van der Waals surface area contributed by atoms with Crippen molar-refractivity contribution >= 4 is 11.8 Å². The van der Waals surface area contributed by atoms with Gasteiger partial charge in [0.05, 0.1) is 12.4 Å². The summed E-state index contributed by atoms with van der Waals surface area (Å²) in [7, 11) is 0. The average Bonchev–Trinajstić information content (AvgIpc) is 2.18. The van der Waals surface area contributed by atoms with E-state index in [1.54, 1.807) is 0 Å². The zero-order valence-corrected chi connectivity index (χ0v) is 8.69. The quantitative estimate of drug-likeness (QED) is 0.733. The Hall–Kier alpha value is -1.91. The highest BCUT2D eigenvalue weighted by molar-refractivity contribution is 5.84. The molecule has 1 rings (SSSR count). The van der Waals surface area contributed by atoms with Crippen LogP contribution in [0.3, 0.4) is 0 Å². The molecule has 0 saturated heterocycles. The molecule has 1 aromatic rings. The number of hydrogen-bond acceptors (Lipinski definition) is 4. The Kier molecular flexibility index (Phi) is 3.79. The minimum atomic E-state index is -1.07. The van der Waals surface area contributed by atoms with E-state index in [1.807, 2.05) is 19.9 Å². The second-order valence-electron chi connectivity index (χ2n) is 3.25. The molecule has 0 bridgehead atoms. The van der Waals surface area contributed by atoms with Crippen molar-refractivity contribution in [1.29, 1.82) is 0 Å². The summed E-state index contributed by atoms with van der Waals surface area (Å²) >= 11 is 0. The maximum Gasteiger partial charge on any atom is 0.356 e. The van der Waals surface area contributed by atoms with E-state index >= 15 is 0 Å². The van der Waals surface area contributed by atoms with Crippen molar-refractivity contribution in [3.8, 4) is 0 Å². The van der Waals surface area contributed by atoms with Crippen molar-refractivity contribution in [3.63, 3.8) is 0 Å². The van der Waals surface area contributed by atoms with Crippen LogP contribution in [-0.2, 0) is 0 Å². The van der Waals surface area contributed by atoms with Crippen molar-refractivity contribution in [2.24, 2.45) is 0 Å². The fourth-order valence-corrected chi connectivity index (χ4v) is 0.889. The van der Waals surface area contributed by atoms with E-state index in [0.29, 0.717) is 12.4 Å². The summed E-state index contributed by atoms with van der Waals surface area (Å²) < 4.78 is 0. The highest BCUT2D eigenvalue weighted by Gasteiger charge is 2.03. The molecular weight excluding hydrogens is 194 g/mol. The summed E-state index contributed by atoms with van der Waals surface area (Å²) in [6.07, 6.45) is 4.64. The Morgan fingerprint density at radius 2 is 2.20 bits per heavy atom. The molecule has 5 heteroatoms. The highest BCUT2D eigenvalue weighted by Crippen LogP contribution is 2.01. The molecule has 0 fully saturated rings. The Morgan fingerprint density at radius 3 is 2.67 bits per heavy atom. The van der Waals surface area contributed by atoms with Crippen molar-refractivity contribution in [2.45, 2.75) is 13.8 Å². The molecule has 1 aromatic heterocycles. The first kappa shape index (κ1) is 11.2. The number of allylic oxidation sites excluding steroid dienone is 1. The van der Waals surface area contributed by atoms with Crippen LogP contribution in [-0.4, -0.2) is 27.6 Å². The standard InChI is InChI=1S/C10H13N3O2/c1-7(2)3-4-11-9-6-12-8(5-13-9)10(14)15/h3,5-6H,4H2,1-2H3,(H,11,13)(H,14,15). The minimum Gasteiger partial charge on any atom is -0.476 e. The lowest BCUT2D eigenvalue weighted by Crippen LogP contribution is -2.05. The molecule has 2 N–H and O–H groups in total. The van der Waals surface area contributed by atoms with E-state index < -0.39 is 5.97 Å². The molecule has 0 aliphatic carbocycles. The molecule has 0 atom stereocenters. The maximum absolute atomic E-state index is 10.5. The van der Waals surface area contributed by atoms with Crippen molar-refractivity contribution in [3.05, 3.63) is 29.7 Å². The number of aromatic nitrogens is 2. The minimum absolute atomic E-state index is 0.0530. The maximum atomic E-state index is 10.5. The van der Waals surface area contributed by atoms with Crippen LogP contribution in [0.4, 0.5) is 5.82 Å². The van der Waals surface area contributed by atoms with Gasteiger partial charge in [0, 0.05) is 6.54 Å². The van der Waals surface area contributed by atoms with Gasteiger partial charge in [-0.2, -0.15) is 0 Å². The number of carboxylic acids is 1. The molecule has 15 heavy (non-hydrogen) atoms. The van der Waals surface area contributed by atoms with Gasteiger partial charge >= 0.3 is 5.97 Å². The van der Waals surface area contributed by atoms with Crippen molar-refractivity contribution < 1.29 is 9.90 Å². The smallest absolute Gasteiger partial charge is 0.356 e. The first-order valence-electron chi connectivity index (χ1n) is 4.52. The van der Waals surface area contributed by atoms with E-state index in [4.69, 9.17) is 5.11 Å². The summed E-state index contributed by atoms with van der Waals surface area (Å²) in [4.78, 5) is 18.1.